The summed E-state index contributed by atoms with van der Waals surface area (Å²) in [5.74, 6) is 1.24. The van der Waals surface area contributed by atoms with E-state index in [9.17, 15) is 0 Å². The van der Waals surface area contributed by atoms with Gasteiger partial charge in [-0.05, 0) is 30.2 Å². The summed E-state index contributed by atoms with van der Waals surface area (Å²) in [5.41, 5.74) is 4.41. The first kappa shape index (κ1) is 13.0. The molecule has 0 aliphatic heterocycles. The normalized spacial score (nSPS) is 17.7. The fourth-order valence-electron chi connectivity index (χ4n) is 3.07. The van der Waals surface area contributed by atoms with Crippen molar-refractivity contribution in [2.24, 2.45) is 0 Å². The van der Waals surface area contributed by atoms with Crippen LogP contribution in [0.15, 0.2) is 60.9 Å². The van der Waals surface area contributed by atoms with Gasteiger partial charge < -0.3 is 14.7 Å². The zero-order valence-electron chi connectivity index (χ0n) is 12.3. The number of methoxy groups -OCH3 is 1. The molecule has 3 aromatic heterocycles. The molecule has 1 aliphatic carbocycles. The lowest BCUT2D eigenvalue weighted by atomic mass is 9.90. The Morgan fingerprint density at radius 3 is 3.05 bits per heavy atom. The van der Waals surface area contributed by atoms with Gasteiger partial charge in [0.1, 0.15) is 11.4 Å². The highest BCUT2D eigenvalue weighted by Crippen LogP contribution is 2.36. The lowest BCUT2D eigenvalue weighted by Crippen LogP contribution is -2.05. The van der Waals surface area contributed by atoms with Crippen molar-refractivity contribution in [2.45, 2.75) is 12.3 Å². The van der Waals surface area contributed by atoms with Crippen molar-refractivity contribution in [3.63, 3.8) is 0 Å². The van der Waals surface area contributed by atoms with Crippen molar-refractivity contribution in [3.8, 4) is 11.1 Å². The molecule has 0 aromatic carbocycles. The monoisotopic (exact) mass is 291 g/mol. The summed E-state index contributed by atoms with van der Waals surface area (Å²) >= 11 is 0. The summed E-state index contributed by atoms with van der Waals surface area (Å²) in [6.45, 7) is 0. The Morgan fingerprint density at radius 2 is 2.23 bits per heavy atom. The fraction of sp³-hybridized carbons (Fsp3) is 0.167. The number of ether oxygens (including phenoxy) is 1. The van der Waals surface area contributed by atoms with E-state index in [0.717, 1.165) is 34.3 Å². The second-order valence-corrected chi connectivity index (χ2v) is 5.45. The van der Waals surface area contributed by atoms with Crippen LogP contribution in [0.5, 0.6) is 0 Å². The minimum atomic E-state index is 0.243. The van der Waals surface area contributed by atoms with Gasteiger partial charge in [0.25, 0.3) is 0 Å². The summed E-state index contributed by atoms with van der Waals surface area (Å²) in [5, 5.41) is 1.15. The van der Waals surface area contributed by atoms with Gasteiger partial charge in [0, 0.05) is 47.2 Å². The average Bonchev–Trinajstić information content (AvgIpc) is 3.23. The van der Waals surface area contributed by atoms with Crippen molar-refractivity contribution in [1.29, 1.82) is 0 Å². The number of aromatic amines is 2. The second-order valence-electron chi connectivity index (χ2n) is 5.45. The van der Waals surface area contributed by atoms with Crippen LogP contribution >= 0.6 is 0 Å². The van der Waals surface area contributed by atoms with E-state index in [1.54, 1.807) is 7.11 Å². The standard InChI is InChI=1S/C18H17N3O/c1-22-17-5-3-2-4-14(17)16-11-21-18-15(16)8-13(10-20-18)12-6-7-19-9-12/h2-3,5-11,14,19H,4H2,1H3,(H,20,21). The van der Waals surface area contributed by atoms with E-state index in [0.29, 0.717) is 0 Å². The van der Waals surface area contributed by atoms with Gasteiger partial charge >= 0.3 is 0 Å². The second kappa shape index (κ2) is 5.22. The van der Waals surface area contributed by atoms with E-state index in [-0.39, 0.29) is 5.92 Å². The number of H-pyrrole nitrogens is 2. The Kier molecular flexibility index (Phi) is 3.07. The zero-order valence-corrected chi connectivity index (χ0v) is 12.3. The SMILES string of the molecule is COC1=CC=CCC1c1c[nH]c2ncc(-c3cc[nH]c3)cc12. The molecule has 22 heavy (non-hydrogen) atoms. The highest BCUT2D eigenvalue weighted by atomic mass is 16.5. The number of aromatic nitrogens is 3. The van der Waals surface area contributed by atoms with Crippen LogP contribution in [0, 0.1) is 0 Å². The van der Waals surface area contributed by atoms with Crippen LogP contribution in [-0.4, -0.2) is 22.1 Å². The molecule has 0 saturated heterocycles. The van der Waals surface area contributed by atoms with E-state index in [1.807, 2.05) is 30.7 Å². The molecule has 4 heteroatoms. The number of nitrogens with zero attached hydrogens (tertiary/aromatic N) is 1. The minimum absolute atomic E-state index is 0.243. The first-order valence-electron chi connectivity index (χ1n) is 7.37. The Hall–Kier alpha value is -2.75. The summed E-state index contributed by atoms with van der Waals surface area (Å²) in [7, 11) is 1.73. The third-order valence-corrected chi connectivity index (χ3v) is 4.22. The quantitative estimate of drug-likeness (QED) is 0.762. The van der Waals surface area contributed by atoms with Crippen molar-refractivity contribution in [1.82, 2.24) is 15.0 Å². The maximum absolute atomic E-state index is 5.55. The minimum Gasteiger partial charge on any atom is -0.500 e. The molecule has 1 atom stereocenters. The molecule has 0 amide bonds. The number of allylic oxidation sites excluding steroid dienone is 4. The van der Waals surface area contributed by atoms with Crippen molar-refractivity contribution in [3.05, 3.63) is 66.5 Å². The van der Waals surface area contributed by atoms with Crippen LogP contribution in [0.1, 0.15) is 17.9 Å². The lowest BCUT2D eigenvalue weighted by molar-refractivity contribution is 0.263. The van der Waals surface area contributed by atoms with E-state index < -0.39 is 0 Å². The van der Waals surface area contributed by atoms with Crippen LogP contribution in [0.2, 0.25) is 0 Å². The summed E-state index contributed by atoms with van der Waals surface area (Å²) < 4.78 is 5.55. The topological polar surface area (TPSA) is 53.7 Å². The molecular formula is C18H17N3O. The Bertz CT molecular complexity index is 856. The van der Waals surface area contributed by atoms with Crippen molar-refractivity contribution < 1.29 is 4.74 Å². The van der Waals surface area contributed by atoms with Gasteiger partial charge in [-0.25, -0.2) is 4.98 Å². The Labute approximate surface area is 128 Å². The zero-order chi connectivity index (χ0) is 14.9. The largest absolute Gasteiger partial charge is 0.500 e. The first-order valence-corrected chi connectivity index (χ1v) is 7.37. The molecule has 2 N–H and O–H groups in total. The maximum Gasteiger partial charge on any atom is 0.137 e. The molecule has 1 aliphatic rings. The smallest absolute Gasteiger partial charge is 0.137 e. The van der Waals surface area contributed by atoms with E-state index in [2.05, 4.69) is 39.4 Å². The third kappa shape index (κ3) is 2.04. The van der Waals surface area contributed by atoms with Crippen molar-refractivity contribution in [2.75, 3.05) is 7.11 Å². The fourth-order valence-corrected chi connectivity index (χ4v) is 3.07. The predicted molar refractivity (Wildman–Crippen MR) is 87.5 cm³/mol. The van der Waals surface area contributed by atoms with Gasteiger partial charge in [0.2, 0.25) is 0 Å². The van der Waals surface area contributed by atoms with E-state index >= 15 is 0 Å². The van der Waals surface area contributed by atoms with Crippen molar-refractivity contribution >= 4 is 11.0 Å². The first-order chi connectivity index (χ1) is 10.9. The molecular weight excluding hydrogens is 274 g/mol. The van der Waals surface area contributed by atoms with Crippen LogP contribution in [-0.2, 0) is 4.74 Å². The number of hydrogen-bond acceptors (Lipinski definition) is 2. The van der Waals surface area contributed by atoms with Gasteiger partial charge in [-0.1, -0.05) is 12.2 Å². The van der Waals surface area contributed by atoms with Gasteiger partial charge in [-0.15, -0.1) is 0 Å². The van der Waals surface area contributed by atoms with Crippen LogP contribution < -0.4 is 0 Å². The number of rotatable bonds is 3. The predicted octanol–water partition coefficient (Wildman–Crippen LogP) is 4.13. The molecule has 0 fully saturated rings. The van der Waals surface area contributed by atoms with Crippen LogP contribution in [0.4, 0.5) is 0 Å². The van der Waals surface area contributed by atoms with E-state index in [4.69, 9.17) is 4.74 Å². The van der Waals surface area contributed by atoms with Crippen LogP contribution in [0.3, 0.4) is 0 Å². The highest BCUT2D eigenvalue weighted by molar-refractivity contribution is 5.85. The molecule has 0 radical (unpaired) electrons. The van der Waals surface area contributed by atoms with Gasteiger partial charge in [0.05, 0.1) is 7.11 Å². The molecule has 110 valence electrons. The Balaban J connectivity index is 1.83. The molecule has 3 heterocycles. The lowest BCUT2D eigenvalue weighted by Gasteiger charge is -2.20. The number of nitrogens with one attached hydrogen (secondary N) is 2. The van der Waals surface area contributed by atoms with E-state index in [1.165, 1.54) is 5.56 Å². The molecule has 4 nitrogen and oxygen atoms in total. The Morgan fingerprint density at radius 1 is 1.27 bits per heavy atom. The number of hydrogen-bond donors (Lipinski definition) is 2. The molecule has 0 bridgehead atoms. The maximum atomic E-state index is 5.55. The molecule has 0 spiro atoms. The third-order valence-electron chi connectivity index (χ3n) is 4.22. The summed E-state index contributed by atoms with van der Waals surface area (Å²) in [6, 6.07) is 4.25. The summed E-state index contributed by atoms with van der Waals surface area (Å²) in [6.07, 6.45) is 15.1. The van der Waals surface area contributed by atoms with Gasteiger partial charge in [-0.3, -0.25) is 0 Å². The molecule has 1 unspecified atom stereocenters. The number of fused-ring (bicyclic) bond motifs is 1. The van der Waals surface area contributed by atoms with Gasteiger partial charge in [0.15, 0.2) is 0 Å². The average molecular weight is 291 g/mol. The number of pyridine rings is 1. The van der Waals surface area contributed by atoms with Crippen LogP contribution in [0.25, 0.3) is 22.2 Å². The molecule has 0 saturated carbocycles. The molecule has 3 aromatic rings. The molecule has 4 rings (SSSR count). The van der Waals surface area contributed by atoms with Gasteiger partial charge in [-0.2, -0.15) is 0 Å². The summed E-state index contributed by atoms with van der Waals surface area (Å²) in [4.78, 5) is 10.9. The highest BCUT2D eigenvalue weighted by Gasteiger charge is 2.22.